The summed E-state index contributed by atoms with van der Waals surface area (Å²) in [4.78, 5) is 0. The Morgan fingerprint density at radius 3 is 2.46 bits per heavy atom. The highest BCUT2D eigenvalue weighted by atomic mass is 16.5. The zero-order chi connectivity index (χ0) is 16.9. The van der Waals surface area contributed by atoms with Crippen LogP contribution in [0.2, 0.25) is 0 Å². The van der Waals surface area contributed by atoms with Crippen LogP contribution < -0.4 is 0 Å². The molecule has 0 aromatic heterocycles. The second kappa shape index (κ2) is 6.25. The van der Waals surface area contributed by atoms with Crippen molar-refractivity contribution in [1.29, 1.82) is 0 Å². The van der Waals surface area contributed by atoms with E-state index in [1.165, 1.54) is 44.9 Å². The molecule has 0 saturated heterocycles. The SMILES string of the molecule is C[C@]12CC[C@@H](O)C[C@@H]1CC[C@@H]1[C@@H]2CC[C@]2(C)[C@@H](OCCO)CC[C@@H]12. The molecular formula is C21H36O3. The molecule has 24 heavy (non-hydrogen) atoms. The Bertz CT molecular complexity index is 466. The number of fused-ring (bicyclic) bond motifs is 5. The fourth-order valence-corrected chi connectivity index (χ4v) is 7.66. The van der Waals surface area contributed by atoms with Crippen molar-refractivity contribution in [1.82, 2.24) is 0 Å². The van der Waals surface area contributed by atoms with Crippen molar-refractivity contribution in [3.63, 3.8) is 0 Å². The maximum absolute atomic E-state index is 10.1. The molecule has 4 saturated carbocycles. The molecule has 3 nitrogen and oxygen atoms in total. The van der Waals surface area contributed by atoms with Crippen LogP contribution in [-0.2, 0) is 4.74 Å². The second-order valence-electron chi connectivity index (χ2n) is 9.79. The summed E-state index contributed by atoms with van der Waals surface area (Å²) in [6.07, 6.45) is 11.4. The van der Waals surface area contributed by atoms with E-state index in [1.54, 1.807) is 0 Å². The Hall–Kier alpha value is -0.120. The summed E-state index contributed by atoms with van der Waals surface area (Å²) in [6, 6.07) is 0. The van der Waals surface area contributed by atoms with E-state index in [-0.39, 0.29) is 12.7 Å². The van der Waals surface area contributed by atoms with Gasteiger partial charge in [-0.2, -0.15) is 0 Å². The lowest BCUT2D eigenvalue weighted by Gasteiger charge is -2.60. The van der Waals surface area contributed by atoms with Crippen molar-refractivity contribution < 1.29 is 14.9 Å². The minimum absolute atomic E-state index is 0.0452. The van der Waals surface area contributed by atoms with E-state index in [0.717, 1.165) is 36.5 Å². The van der Waals surface area contributed by atoms with Gasteiger partial charge >= 0.3 is 0 Å². The quantitative estimate of drug-likeness (QED) is 0.825. The van der Waals surface area contributed by atoms with Gasteiger partial charge in [0.2, 0.25) is 0 Å². The van der Waals surface area contributed by atoms with Gasteiger partial charge in [0.15, 0.2) is 0 Å². The molecular weight excluding hydrogens is 300 g/mol. The van der Waals surface area contributed by atoms with Gasteiger partial charge in [0.05, 0.1) is 25.4 Å². The minimum atomic E-state index is -0.0452. The minimum Gasteiger partial charge on any atom is -0.394 e. The van der Waals surface area contributed by atoms with Gasteiger partial charge in [0.1, 0.15) is 0 Å². The number of aliphatic hydroxyl groups is 2. The number of hydrogen-bond donors (Lipinski definition) is 2. The maximum atomic E-state index is 10.1. The van der Waals surface area contributed by atoms with Crippen molar-refractivity contribution in [2.45, 2.75) is 83.8 Å². The molecule has 0 unspecified atom stereocenters. The molecule has 0 amide bonds. The first-order chi connectivity index (χ1) is 11.5. The normalized spacial score (nSPS) is 54.0. The molecule has 0 bridgehead atoms. The first-order valence-electron chi connectivity index (χ1n) is 10.4. The molecule has 0 radical (unpaired) electrons. The van der Waals surface area contributed by atoms with Crippen LogP contribution >= 0.6 is 0 Å². The largest absolute Gasteiger partial charge is 0.394 e. The van der Waals surface area contributed by atoms with Gasteiger partial charge in [-0.25, -0.2) is 0 Å². The van der Waals surface area contributed by atoms with Gasteiger partial charge in [-0.3, -0.25) is 0 Å². The molecule has 4 aliphatic rings. The van der Waals surface area contributed by atoms with Crippen LogP contribution in [0, 0.1) is 34.5 Å². The lowest BCUT2D eigenvalue weighted by Crippen LogP contribution is -2.54. The first kappa shape index (κ1) is 17.3. The van der Waals surface area contributed by atoms with Crippen LogP contribution in [0.4, 0.5) is 0 Å². The fraction of sp³-hybridized carbons (Fsp3) is 1.00. The van der Waals surface area contributed by atoms with Crippen LogP contribution in [0.25, 0.3) is 0 Å². The standard InChI is InChI=1S/C21H36O3/c1-20-9-7-15(23)13-14(20)3-4-16-17-5-6-19(24-12-11-22)21(17,2)10-8-18(16)20/h14-19,22-23H,3-13H2,1-2H3/t14-,15+,16-,17-,18-,19-,20-,21-/m0/s1. The summed E-state index contributed by atoms with van der Waals surface area (Å²) in [5.41, 5.74) is 0.793. The third-order valence-corrected chi connectivity index (χ3v) is 8.96. The Kier molecular flexibility index (Phi) is 4.50. The molecule has 2 N–H and O–H groups in total. The first-order valence-corrected chi connectivity index (χ1v) is 10.4. The zero-order valence-corrected chi connectivity index (χ0v) is 15.5. The van der Waals surface area contributed by atoms with Gasteiger partial charge in [-0.15, -0.1) is 0 Å². The Morgan fingerprint density at radius 2 is 1.67 bits per heavy atom. The molecule has 0 heterocycles. The van der Waals surface area contributed by atoms with Gasteiger partial charge in [-0.1, -0.05) is 13.8 Å². The second-order valence-corrected chi connectivity index (χ2v) is 9.79. The summed E-state index contributed by atoms with van der Waals surface area (Å²) in [5.74, 6) is 3.28. The average molecular weight is 337 g/mol. The molecule has 3 heteroatoms. The molecule has 138 valence electrons. The van der Waals surface area contributed by atoms with E-state index in [9.17, 15) is 5.11 Å². The van der Waals surface area contributed by atoms with E-state index in [2.05, 4.69) is 13.8 Å². The lowest BCUT2D eigenvalue weighted by molar-refractivity contribution is -0.142. The summed E-state index contributed by atoms with van der Waals surface area (Å²) < 4.78 is 6.07. The molecule has 0 aliphatic heterocycles. The van der Waals surface area contributed by atoms with Gasteiger partial charge in [-0.05, 0) is 92.3 Å². The smallest absolute Gasteiger partial charge is 0.0701 e. The number of aliphatic hydroxyl groups excluding tert-OH is 2. The van der Waals surface area contributed by atoms with E-state index in [0.29, 0.717) is 23.5 Å². The van der Waals surface area contributed by atoms with Crippen LogP contribution in [-0.4, -0.2) is 35.6 Å². The van der Waals surface area contributed by atoms with Crippen molar-refractivity contribution in [2.75, 3.05) is 13.2 Å². The van der Waals surface area contributed by atoms with Gasteiger partial charge in [0.25, 0.3) is 0 Å². The molecule has 4 fully saturated rings. The van der Waals surface area contributed by atoms with E-state index in [4.69, 9.17) is 9.84 Å². The van der Waals surface area contributed by atoms with E-state index < -0.39 is 0 Å². The predicted octanol–water partition coefficient (Wildman–Crippen LogP) is 3.77. The van der Waals surface area contributed by atoms with E-state index >= 15 is 0 Å². The number of rotatable bonds is 3. The predicted molar refractivity (Wildman–Crippen MR) is 94.6 cm³/mol. The van der Waals surface area contributed by atoms with Crippen LogP contribution in [0.3, 0.4) is 0 Å². The number of hydrogen-bond acceptors (Lipinski definition) is 3. The summed E-state index contributed by atoms with van der Waals surface area (Å²) >= 11 is 0. The average Bonchev–Trinajstić information content (AvgIpc) is 2.90. The highest BCUT2D eigenvalue weighted by Crippen LogP contribution is 2.66. The van der Waals surface area contributed by atoms with Crippen molar-refractivity contribution in [2.24, 2.45) is 34.5 Å². The van der Waals surface area contributed by atoms with Crippen LogP contribution in [0.1, 0.15) is 71.6 Å². The van der Waals surface area contributed by atoms with Crippen LogP contribution in [0.5, 0.6) is 0 Å². The molecule has 4 aliphatic carbocycles. The molecule has 0 spiro atoms. The maximum Gasteiger partial charge on any atom is 0.0701 e. The lowest BCUT2D eigenvalue weighted by atomic mass is 9.45. The fourth-order valence-electron chi connectivity index (χ4n) is 7.66. The van der Waals surface area contributed by atoms with Gasteiger partial charge in [0, 0.05) is 0 Å². The highest BCUT2D eigenvalue weighted by Gasteiger charge is 2.60. The van der Waals surface area contributed by atoms with Gasteiger partial charge < -0.3 is 14.9 Å². The van der Waals surface area contributed by atoms with Crippen molar-refractivity contribution in [3.8, 4) is 0 Å². The molecule has 0 aromatic carbocycles. The van der Waals surface area contributed by atoms with Crippen molar-refractivity contribution >= 4 is 0 Å². The molecule has 8 atom stereocenters. The third-order valence-electron chi connectivity index (χ3n) is 8.96. The molecule has 0 aromatic rings. The summed E-state index contributed by atoms with van der Waals surface area (Å²) in [5, 5.41) is 19.3. The topological polar surface area (TPSA) is 49.7 Å². The third kappa shape index (κ3) is 2.49. The highest BCUT2D eigenvalue weighted by molar-refractivity contribution is 5.09. The Labute approximate surface area is 147 Å². The van der Waals surface area contributed by atoms with Crippen LogP contribution in [0.15, 0.2) is 0 Å². The Morgan fingerprint density at radius 1 is 0.917 bits per heavy atom. The molecule has 4 rings (SSSR count). The monoisotopic (exact) mass is 336 g/mol. The zero-order valence-electron chi connectivity index (χ0n) is 15.5. The van der Waals surface area contributed by atoms with Crippen molar-refractivity contribution in [3.05, 3.63) is 0 Å². The number of ether oxygens (including phenoxy) is 1. The Balaban J connectivity index is 1.54. The summed E-state index contributed by atoms with van der Waals surface area (Å²) in [6.45, 7) is 5.67. The summed E-state index contributed by atoms with van der Waals surface area (Å²) in [7, 11) is 0. The van der Waals surface area contributed by atoms with E-state index in [1.807, 2.05) is 0 Å².